The van der Waals surface area contributed by atoms with Crippen LogP contribution in [0.3, 0.4) is 0 Å². The maximum absolute atomic E-state index is 12.8. The van der Waals surface area contributed by atoms with Crippen LogP contribution in [-0.2, 0) is 19.2 Å². The Morgan fingerprint density at radius 1 is 0.440 bits per heavy atom. The highest BCUT2D eigenvalue weighted by molar-refractivity contribution is 5.93. The average Bonchev–Trinajstić information content (AvgIpc) is 2.88. The maximum Gasteiger partial charge on any atom is 0.234 e. The molecule has 3 aromatic rings. The molecule has 270 valence electrons. The van der Waals surface area contributed by atoms with Gasteiger partial charge in [-0.1, -0.05) is 101 Å². The van der Waals surface area contributed by atoms with Gasteiger partial charge < -0.3 is 0 Å². The van der Waals surface area contributed by atoms with Gasteiger partial charge >= 0.3 is 0 Å². The summed E-state index contributed by atoms with van der Waals surface area (Å²) in [4.78, 5) is 77.9. The van der Waals surface area contributed by atoms with Gasteiger partial charge in [0, 0.05) is 36.8 Å². The standard InChI is InChI=1S/C36H52N10O4/c1-33(2,3)17-23(47)37-29-41-27(42-30(45-29)38-24(48)18-34(4,5)6)21-14-13-15-22(16-21)28-43-31(39-25(49)19-35(7,8)9)46-32(44-28)40-26(50)20-36(10,11)12/h13-16H,17-20H2,1-12H3,(H2,37,38,41,42,45,47,48)(H2,39,40,43,44,46,49,50). The Hall–Kier alpha value is -4.88. The summed E-state index contributed by atoms with van der Waals surface area (Å²) in [6.45, 7) is 23.3. The Morgan fingerprint density at radius 2 is 0.680 bits per heavy atom. The van der Waals surface area contributed by atoms with Crippen LogP contribution in [0.2, 0.25) is 0 Å². The van der Waals surface area contributed by atoms with Gasteiger partial charge in [0.05, 0.1) is 0 Å². The number of aromatic nitrogens is 6. The summed E-state index contributed by atoms with van der Waals surface area (Å²) in [6.07, 6.45) is 0.880. The quantitative estimate of drug-likeness (QED) is 0.174. The lowest BCUT2D eigenvalue weighted by atomic mass is 9.92. The largest absolute Gasteiger partial charge is 0.294 e. The minimum Gasteiger partial charge on any atom is -0.294 e. The van der Waals surface area contributed by atoms with Gasteiger partial charge in [0.1, 0.15) is 0 Å². The van der Waals surface area contributed by atoms with Gasteiger partial charge in [-0.2, -0.15) is 29.9 Å². The Labute approximate surface area is 294 Å². The molecule has 14 nitrogen and oxygen atoms in total. The van der Waals surface area contributed by atoms with E-state index in [4.69, 9.17) is 0 Å². The average molecular weight is 689 g/mol. The van der Waals surface area contributed by atoms with Crippen LogP contribution in [0, 0.1) is 21.7 Å². The molecule has 0 saturated heterocycles. The summed E-state index contributed by atoms with van der Waals surface area (Å²) in [5.41, 5.74) is -0.117. The van der Waals surface area contributed by atoms with Crippen LogP contribution in [0.4, 0.5) is 23.8 Å². The van der Waals surface area contributed by atoms with Crippen LogP contribution in [0.1, 0.15) is 109 Å². The lowest BCUT2D eigenvalue weighted by Gasteiger charge is -2.18. The van der Waals surface area contributed by atoms with Crippen LogP contribution in [0.25, 0.3) is 22.8 Å². The number of nitrogens with zero attached hydrogens (tertiary/aromatic N) is 6. The zero-order chi connectivity index (χ0) is 37.7. The summed E-state index contributed by atoms with van der Waals surface area (Å²) in [6, 6.07) is 6.95. The molecular weight excluding hydrogens is 636 g/mol. The third-order valence-electron chi connectivity index (χ3n) is 6.42. The first-order valence-corrected chi connectivity index (χ1v) is 16.6. The summed E-state index contributed by atoms with van der Waals surface area (Å²) >= 11 is 0. The Bertz CT molecular complexity index is 1510. The lowest BCUT2D eigenvalue weighted by Crippen LogP contribution is -2.23. The molecule has 0 fully saturated rings. The van der Waals surface area contributed by atoms with Crippen LogP contribution < -0.4 is 21.3 Å². The molecule has 0 bridgehead atoms. The normalized spacial score (nSPS) is 12.2. The Balaban J connectivity index is 2.08. The first kappa shape index (κ1) is 39.6. The van der Waals surface area contributed by atoms with Gasteiger partial charge in [-0.3, -0.25) is 40.4 Å². The molecule has 0 saturated carbocycles. The van der Waals surface area contributed by atoms with Crippen molar-refractivity contribution < 1.29 is 19.2 Å². The smallest absolute Gasteiger partial charge is 0.234 e. The Kier molecular flexibility index (Phi) is 12.1. The fourth-order valence-electron chi connectivity index (χ4n) is 4.63. The van der Waals surface area contributed by atoms with Crippen LogP contribution in [0.5, 0.6) is 0 Å². The molecule has 1 aromatic carbocycles. The first-order valence-electron chi connectivity index (χ1n) is 16.6. The summed E-state index contributed by atoms with van der Waals surface area (Å²) in [5.74, 6) is -0.893. The molecule has 2 aromatic heterocycles. The Morgan fingerprint density at radius 3 is 0.900 bits per heavy atom. The van der Waals surface area contributed by atoms with E-state index in [0.29, 0.717) is 11.1 Å². The van der Waals surface area contributed by atoms with E-state index in [9.17, 15) is 19.2 Å². The number of amides is 4. The van der Waals surface area contributed by atoms with Crippen molar-refractivity contribution in [2.24, 2.45) is 21.7 Å². The van der Waals surface area contributed by atoms with Gasteiger partial charge in [-0.05, 0) is 27.7 Å². The first-order chi connectivity index (χ1) is 22.8. The molecule has 4 amide bonds. The van der Waals surface area contributed by atoms with Crippen LogP contribution >= 0.6 is 0 Å². The van der Waals surface area contributed by atoms with Gasteiger partial charge in [0.25, 0.3) is 0 Å². The van der Waals surface area contributed by atoms with Crippen molar-refractivity contribution in [3.63, 3.8) is 0 Å². The van der Waals surface area contributed by atoms with Gasteiger partial charge in [0.15, 0.2) is 11.6 Å². The van der Waals surface area contributed by atoms with Crippen molar-refractivity contribution in [2.45, 2.75) is 109 Å². The molecule has 4 N–H and O–H groups in total. The number of rotatable bonds is 10. The van der Waals surface area contributed by atoms with Crippen LogP contribution in [-0.4, -0.2) is 53.5 Å². The lowest BCUT2D eigenvalue weighted by molar-refractivity contribution is -0.118. The highest BCUT2D eigenvalue weighted by Crippen LogP contribution is 2.27. The fourth-order valence-corrected chi connectivity index (χ4v) is 4.63. The van der Waals surface area contributed by atoms with E-state index in [2.05, 4.69) is 51.2 Å². The molecule has 0 unspecified atom stereocenters. The molecule has 14 heteroatoms. The topological polar surface area (TPSA) is 194 Å². The fraction of sp³-hybridized carbons (Fsp3) is 0.556. The summed E-state index contributed by atoms with van der Waals surface area (Å²) in [5, 5.41) is 10.9. The molecule has 50 heavy (non-hydrogen) atoms. The molecule has 0 aliphatic rings. The summed E-state index contributed by atoms with van der Waals surface area (Å²) in [7, 11) is 0. The third kappa shape index (κ3) is 14.3. The number of anilines is 4. The highest BCUT2D eigenvalue weighted by Gasteiger charge is 2.23. The van der Waals surface area contributed by atoms with E-state index in [0.717, 1.165) is 0 Å². The molecule has 0 radical (unpaired) electrons. The molecule has 3 rings (SSSR count). The van der Waals surface area contributed by atoms with E-state index in [-0.39, 0.29) is 106 Å². The number of hydrogen-bond acceptors (Lipinski definition) is 10. The second-order valence-corrected chi connectivity index (χ2v) is 17.3. The molecule has 0 spiro atoms. The molecule has 2 heterocycles. The van der Waals surface area contributed by atoms with E-state index < -0.39 is 0 Å². The van der Waals surface area contributed by atoms with Gasteiger partial charge in [-0.15, -0.1) is 0 Å². The van der Waals surface area contributed by atoms with Crippen molar-refractivity contribution in [1.29, 1.82) is 0 Å². The maximum atomic E-state index is 12.8. The van der Waals surface area contributed by atoms with E-state index >= 15 is 0 Å². The van der Waals surface area contributed by atoms with Crippen molar-refractivity contribution in [2.75, 3.05) is 21.3 Å². The number of benzene rings is 1. The number of carbonyl (C=O) groups is 4. The number of hydrogen-bond donors (Lipinski definition) is 4. The minimum atomic E-state index is -0.289. The number of nitrogens with one attached hydrogen (secondary N) is 4. The van der Waals surface area contributed by atoms with E-state index in [1.165, 1.54) is 0 Å². The summed E-state index contributed by atoms with van der Waals surface area (Å²) < 4.78 is 0. The molecular formula is C36H52N10O4. The van der Waals surface area contributed by atoms with Crippen LogP contribution in [0.15, 0.2) is 24.3 Å². The molecule has 0 atom stereocenters. The predicted molar refractivity (Wildman–Crippen MR) is 195 cm³/mol. The SMILES string of the molecule is CC(C)(C)CC(=O)Nc1nc(NC(=O)CC(C)(C)C)nc(-c2cccc(-c3nc(NC(=O)CC(C)(C)C)nc(NC(=O)CC(C)(C)C)n3)c2)n1. The second-order valence-electron chi connectivity index (χ2n) is 17.3. The van der Waals surface area contributed by atoms with E-state index in [1.807, 2.05) is 83.1 Å². The number of carbonyl (C=O) groups excluding carboxylic acids is 4. The van der Waals surface area contributed by atoms with Gasteiger partial charge in [0.2, 0.25) is 47.4 Å². The van der Waals surface area contributed by atoms with E-state index in [1.54, 1.807) is 24.3 Å². The van der Waals surface area contributed by atoms with Crippen molar-refractivity contribution in [3.8, 4) is 22.8 Å². The molecule has 0 aliphatic carbocycles. The van der Waals surface area contributed by atoms with Gasteiger partial charge in [-0.25, -0.2) is 0 Å². The van der Waals surface area contributed by atoms with Crippen molar-refractivity contribution in [3.05, 3.63) is 24.3 Å². The second kappa shape index (κ2) is 15.3. The zero-order valence-electron chi connectivity index (χ0n) is 31.5. The monoisotopic (exact) mass is 688 g/mol. The molecule has 0 aliphatic heterocycles. The van der Waals surface area contributed by atoms with Crippen molar-refractivity contribution in [1.82, 2.24) is 29.9 Å². The third-order valence-corrected chi connectivity index (χ3v) is 6.42. The predicted octanol–water partition coefficient (Wildman–Crippen LogP) is 6.89. The zero-order valence-corrected chi connectivity index (χ0v) is 31.5. The highest BCUT2D eigenvalue weighted by atomic mass is 16.2. The minimum absolute atomic E-state index is 0.0198. The van der Waals surface area contributed by atoms with Crippen molar-refractivity contribution >= 4 is 47.4 Å².